The molecule has 1 unspecified atom stereocenters. The summed E-state index contributed by atoms with van der Waals surface area (Å²) < 4.78 is 0. The van der Waals surface area contributed by atoms with Crippen LogP contribution in [-0.4, -0.2) is 23.8 Å². The van der Waals surface area contributed by atoms with Gasteiger partial charge in [0.1, 0.15) is 0 Å². The first-order valence-corrected chi connectivity index (χ1v) is 6.74. The lowest BCUT2D eigenvalue weighted by Gasteiger charge is -2.21. The number of hydrogen-bond donors (Lipinski definition) is 1. The van der Waals surface area contributed by atoms with E-state index in [4.69, 9.17) is 0 Å². The van der Waals surface area contributed by atoms with Crippen molar-refractivity contribution in [3.63, 3.8) is 0 Å². The van der Waals surface area contributed by atoms with Crippen LogP contribution in [0.5, 0.6) is 0 Å². The van der Waals surface area contributed by atoms with Crippen molar-refractivity contribution in [2.75, 3.05) is 11.9 Å². The van der Waals surface area contributed by atoms with E-state index in [2.05, 4.69) is 10.3 Å². The summed E-state index contributed by atoms with van der Waals surface area (Å²) in [6, 6.07) is 9.04. The van der Waals surface area contributed by atoms with E-state index in [9.17, 15) is 9.59 Å². The smallest absolute Gasteiger partial charge is 0.267 e. The number of carbonyl (C=O) groups excluding carboxylic acids is 2. The molecule has 0 saturated heterocycles. The third kappa shape index (κ3) is 2.02. The molecule has 5 nitrogen and oxygen atoms in total. The van der Waals surface area contributed by atoms with E-state index in [0.717, 1.165) is 5.56 Å². The van der Waals surface area contributed by atoms with Crippen molar-refractivity contribution in [1.29, 1.82) is 0 Å². The largest absolute Gasteiger partial charge is 0.313 e. The molecule has 2 amide bonds. The highest BCUT2D eigenvalue weighted by Crippen LogP contribution is 2.32. The van der Waals surface area contributed by atoms with E-state index < -0.39 is 0 Å². The maximum Gasteiger partial charge on any atom is 0.267 e. The number of amides is 2. The normalized spacial score (nSPS) is 15.2. The quantitative estimate of drug-likeness (QED) is 0.876. The number of pyridine rings is 1. The molecule has 0 saturated carbocycles. The van der Waals surface area contributed by atoms with Crippen molar-refractivity contribution in [3.8, 4) is 0 Å². The minimum Gasteiger partial charge on any atom is -0.313 e. The first-order chi connectivity index (χ1) is 10.1. The molecule has 0 radical (unpaired) electrons. The number of fused-ring (bicyclic) bond motifs is 1. The molecule has 2 aromatic rings. The van der Waals surface area contributed by atoms with Gasteiger partial charge in [0.05, 0.1) is 16.8 Å². The van der Waals surface area contributed by atoms with E-state index in [1.54, 1.807) is 12.1 Å². The van der Waals surface area contributed by atoms with Crippen LogP contribution in [0.4, 0.5) is 5.69 Å². The zero-order valence-corrected chi connectivity index (χ0v) is 11.8. The number of anilines is 1. The van der Waals surface area contributed by atoms with Crippen molar-refractivity contribution in [2.24, 2.45) is 0 Å². The summed E-state index contributed by atoms with van der Waals surface area (Å²) in [6.07, 6.45) is 2.97. The van der Waals surface area contributed by atoms with Gasteiger partial charge in [-0.3, -0.25) is 14.6 Å². The van der Waals surface area contributed by atoms with Gasteiger partial charge in [0.25, 0.3) is 11.8 Å². The summed E-state index contributed by atoms with van der Waals surface area (Å²) in [5.74, 6) is -0.619. The Morgan fingerprint density at radius 1 is 1.10 bits per heavy atom. The summed E-state index contributed by atoms with van der Waals surface area (Å²) in [6.45, 7) is 1.98. The SMILES string of the molecule is CNC(C)c1ccccc1N1C(=O)c2ccncc2C1=O. The molecule has 1 aliphatic heterocycles. The van der Waals surface area contributed by atoms with Crippen LogP contribution < -0.4 is 10.2 Å². The zero-order chi connectivity index (χ0) is 15.0. The molecule has 2 heterocycles. The molecule has 5 heteroatoms. The Labute approximate surface area is 122 Å². The number of imide groups is 1. The number of carbonyl (C=O) groups is 2. The van der Waals surface area contributed by atoms with Gasteiger partial charge in [-0.05, 0) is 31.7 Å². The van der Waals surface area contributed by atoms with Crippen LogP contribution in [0, 0.1) is 0 Å². The van der Waals surface area contributed by atoms with Gasteiger partial charge in [-0.25, -0.2) is 4.90 Å². The Morgan fingerprint density at radius 2 is 1.81 bits per heavy atom. The predicted octanol–water partition coefficient (Wildman–Crippen LogP) is 2.16. The number of nitrogens with zero attached hydrogens (tertiary/aromatic N) is 2. The number of aromatic nitrogens is 1. The average molecular weight is 281 g/mol. The predicted molar refractivity (Wildman–Crippen MR) is 79.3 cm³/mol. The van der Waals surface area contributed by atoms with Crippen molar-refractivity contribution < 1.29 is 9.59 Å². The summed E-state index contributed by atoms with van der Waals surface area (Å²) >= 11 is 0. The van der Waals surface area contributed by atoms with Gasteiger partial charge in [0.2, 0.25) is 0 Å². The molecule has 0 spiro atoms. The van der Waals surface area contributed by atoms with Crippen LogP contribution >= 0.6 is 0 Å². The molecule has 106 valence electrons. The lowest BCUT2D eigenvalue weighted by atomic mass is 10.1. The Balaban J connectivity index is 2.12. The summed E-state index contributed by atoms with van der Waals surface area (Å²) in [7, 11) is 1.84. The molecule has 0 bridgehead atoms. The second-order valence-electron chi connectivity index (χ2n) is 4.94. The number of benzene rings is 1. The molecule has 1 aromatic carbocycles. The highest BCUT2D eigenvalue weighted by molar-refractivity contribution is 6.34. The number of rotatable bonds is 3. The molecular weight excluding hydrogens is 266 g/mol. The fraction of sp³-hybridized carbons (Fsp3) is 0.188. The monoisotopic (exact) mass is 281 g/mol. The molecule has 1 aliphatic rings. The van der Waals surface area contributed by atoms with Crippen molar-refractivity contribution in [1.82, 2.24) is 10.3 Å². The fourth-order valence-corrected chi connectivity index (χ4v) is 2.52. The molecule has 0 aliphatic carbocycles. The second-order valence-corrected chi connectivity index (χ2v) is 4.94. The van der Waals surface area contributed by atoms with E-state index in [1.807, 2.05) is 32.2 Å². The topological polar surface area (TPSA) is 62.3 Å². The minimum atomic E-state index is -0.321. The van der Waals surface area contributed by atoms with Gasteiger partial charge in [0, 0.05) is 18.4 Å². The molecule has 1 aromatic heterocycles. The van der Waals surface area contributed by atoms with Crippen LogP contribution in [0.1, 0.15) is 39.2 Å². The van der Waals surface area contributed by atoms with E-state index in [0.29, 0.717) is 16.8 Å². The highest BCUT2D eigenvalue weighted by Gasteiger charge is 2.37. The summed E-state index contributed by atoms with van der Waals surface area (Å²) in [5.41, 5.74) is 2.28. The van der Waals surface area contributed by atoms with Crippen LogP contribution in [-0.2, 0) is 0 Å². The van der Waals surface area contributed by atoms with Crippen molar-refractivity contribution in [2.45, 2.75) is 13.0 Å². The first-order valence-electron chi connectivity index (χ1n) is 6.74. The van der Waals surface area contributed by atoms with Crippen LogP contribution in [0.25, 0.3) is 0 Å². The first kappa shape index (κ1) is 13.5. The van der Waals surface area contributed by atoms with Gasteiger partial charge in [-0.1, -0.05) is 18.2 Å². The molecule has 1 N–H and O–H groups in total. The molecule has 1 atom stereocenters. The molecular formula is C16H15N3O2. The van der Waals surface area contributed by atoms with Crippen molar-refractivity contribution in [3.05, 3.63) is 59.4 Å². The van der Waals surface area contributed by atoms with Gasteiger partial charge in [-0.15, -0.1) is 0 Å². The standard InChI is InChI=1S/C16H15N3O2/c1-10(17-2)11-5-3-4-6-14(11)19-15(20)12-7-8-18-9-13(12)16(19)21/h3-10,17H,1-2H3. The number of hydrogen-bond acceptors (Lipinski definition) is 4. The van der Waals surface area contributed by atoms with E-state index in [-0.39, 0.29) is 17.9 Å². The third-order valence-corrected chi connectivity index (χ3v) is 3.77. The Morgan fingerprint density at radius 3 is 2.52 bits per heavy atom. The molecule has 3 rings (SSSR count). The third-order valence-electron chi connectivity index (χ3n) is 3.77. The van der Waals surface area contributed by atoms with E-state index in [1.165, 1.54) is 17.3 Å². The Bertz CT molecular complexity index is 692. The lowest BCUT2D eigenvalue weighted by Crippen LogP contribution is -2.31. The number of nitrogens with one attached hydrogen (secondary N) is 1. The molecule has 21 heavy (non-hydrogen) atoms. The van der Waals surface area contributed by atoms with Gasteiger partial charge >= 0.3 is 0 Å². The maximum absolute atomic E-state index is 12.5. The van der Waals surface area contributed by atoms with Gasteiger partial charge in [0.15, 0.2) is 0 Å². The minimum absolute atomic E-state index is 0.0311. The van der Waals surface area contributed by atoms with Gasteiger partial charge < -0.3 is 5.32 Å². The van der Waals surface area contributed by atoms with Gasteiger partial charge in [-0.2, -0.15) is 0 Å². The summed E-state index contributed by atoms with van der Waals surface area (Å²) in [4.78, 5) is 30.2. The highest BCUT2D eigenvalue weighted by atomic mass is 16.2. The zero-order valence-electron chi connectivity index (χ0n) is 11.8. The lowest BCUT2D eigenvalue weighted by molar-refractivity contribution is 0.0926. The Kier molecular flexibility index (Phi) is 3.27. The number of para-hydroxylation sites is 1. The fourth-order valence-electron chi connectivity index (χ4n) is 2.52. The van der Waals surface area contributed by atoms with Crippen LogP contribution in [0.15, 0.2) is 42.7 Å². The second kappa shape index (κ2) is 5.10. The van der Waals surface area contributed by atoms with Crippen LogP contribution in [0.2, 0.25) is 0 Å². The van der Waals surface area contributed by atoms with Crippen LogP contribution in [0.3, 0.4) is 0 Å². The Hall–Kier alpha value is -2.53. The van der Waals surface area contributed by atoms with Crippen molar-refractivity contribution >= 4 is 17.5 Å². The maximum atomic E-state index is 12.5. The summed E-state index contributed by atoms with van der Waals surface area (Å²) in [5, 5.41) is 3.13. The average Bonchev–Trinajstić information content (AvgIpc) is 2.78. The molecule has 0 fully saturated rings. The van der Waals surface area contributed by atoms with E-state index >= 15 is 0 Å².